The molecule has 0 bridgehead atoms. The zero-order valence-electron chi connectivity index (χ0n) is 13.9. The number of benzene rings is 2. The highest BCUT2D eigenvalue weighted by atomic mass is 16.5. The molecule has 0 aliphatic heterocycles. The van der Waals surface area contributed by atoms with Crippen LogP contribution in [0, 0.1) is 20.8 Å². The van der Waals surface area contributed by atoms with Crippen molar-refractivity contribution in [2.45, 2.75) is 39.5 Å². The molecule has 2 nitrogen and oxygen atoms in total. The predicted octanol–water partition coefficient (Wildman–Crippen LogP) is 4.51. The third kappa shape index (κ3) is 4.60. The van der Waals surface area contributed by atoms with E-state index in [0.29, 0.717) is 12.5 Å². The van der Waals surface area contributed by atoms with Crippen molar-refractivity contribution in [2.75, 3.05) is 13.2 Å². The maximum atomic E-state index is 6.00. The predicted molar refractivity (Wildman–Crippen MR) is 93.6 cm³/mol. The summed E-state index contributed by atoms with van der Waals surface area (Å²) >= 11 is 0. The quantitative estimate of drug-likeness (QED) is 0.763. The minimum absolute atomic E-state index is 0.418. The second kappa shape index (κ2) is 8.00. The second-order valence-corrected chi connectivity index (χ2v) is 6.10. The third-order valence-electron chi connectivity index (χ3n) is 4.11. The van der Waals surface area contributed by atoms with E-state index in [0.717, 1.165) is 25.2 Å². The number of aryl methyl sites for hydroxylation is 3. The van der Waals surface area contributed by atoms with Crippen LogP contribution in [0.5, 0.6) is 5.75 Å². The first kappa shape index (κ1) is 16.6. The van der Waals surface area contributed by atoms with E-state index in [4.69, 9.17) is 10.5 Å². The highest BCUT2D eigenvalue weighted by Crippen LogP contribution is 2.25. The van der Waals surface area contributed by atoms with Crippen molar-refractivity contribution in [1.29, 1.82) is 0 Å². The van der Waals surface area contributed by atoms with Gasteiger partial charge in [0.15, 0.2) is 0 Å². The molecule has 22 heavy (non-hydrogen) atoms. The molecule has 1 atom stereocenters. The molecule has 0 saturated carbocycles. The van der Waals surface area contributed by atoms with Gasteiger partial charge in [-0.05, 0) is 74.9 Å². The Kier molecular flexibility index (Phi) is 6.02. The van der Waals surface area contributed by atoms with Crippen LogP contribution in [-0.4, -0.2) is 13.2 Å². The molecule has 118 valence electrons. The van der Waals surface area contributed by atoms with E-state index in [1.165, 1.54) is 22.3 Å². The number of rotatable bonds is 7. The summed E-state index contributed by atoms with van der Waals surface area (Å²) in [5, 5.41) is 0. The Labute approximate surface area is 134 Å². The van der Waals surface area contributed by atoms with Gasteiger partial charge in [0.25, 0.3) is 0 Å². The summed E-state index contributed by atoms with van der Waals surface area (Å²) in [6, 6.07) is 14.8. The molecule has 0 amide bonds. The van der Waals surface area contributed by atoms with Crippen LogP contribution in [0.3, 0.4) is 0 Å². The molecule has 0 spiro atoms. The van der Waals surface area contributed by atoms with E-state index in [-0.39, 0.29) is 0 Å². The van der Waals surface area contributed by atoms with Gasteiger partial charge in [0.2, 0.25) is 0 Å². The van der Waals surface area contributed by atoms with Gasteiger partial charge in [0.1, 0.15) is 5.75 Å². The largest absolute Gasteiger partial charge is 0.494 e. The van der Waals surface area contributed by atoms with Gasteiger partial charge in [-0.1, -0.05) is 35.9 Å². The lowest BCUT2D eigenvalue weighted by Crippen LogP contribution is -2.15. The topological polar surface area (TPSA) is 35.2 Å². The lowest BCUT2D eigenvalue weighted by Gasteiger charge is -2.18. The normalized spacial score (nSPS) is 12.2. The Morgan fingerprint density at radius 3 is 2.50 bits per heavy atom. The number of ether oxygens (including phenoxy) is 1. The smallest absolute Gasteiger partial charge is 0.119 e. The van der Waals surface area contributed by atoms with E-state index in [9.17, 15) is 0 Å². The monoisotopic (exact) mass is 297 g/mol. The van der Waals surface area contributed by atoms with E-state index in [1.54, 1.807) is 0 Å². The summed E-state index contributed by atoms with van der Waals surface area (Å²) in [7, 11) is 0. The SMILES string of the molecule is Cc1cccc(OCCCC(CN)c2cc(C)ccc2C)c1. The maximum Gasteiger partial charge on any atom is 0.119 e. The first-order valence-corrected chi connectivity index (χ1v) is 8.07. The first-order valence-electron chi connectivity index (χ1n) is 8.07. The Balaban J connectivity index is 1.87. The zero-order chi connectivity index (χ0) is 15.9. The van der Waals surface area contributed by atoms with Gasteiger partial charge in [-0.2, -0.15) is 0 Å². The van der Waals surface area contributed by atoms with Crippen LogP contribution in [-0.2, 0) is 0 Å². The summed E-state index contributed by atoms with van der Waals surface area (Å²) in [5.41, 5.74) is 11.2. The number of nitrogens with two attached hydrogens (primary N) is 1. The summed E-state index contributed by atoms with van der Waals surface area (Å²) in [6.07, 6.45) is 2.08. The van der Waals surface area contributed by atoms with Crippen LogP contribution in [0.25, 0.3) is 0 Å². The second-order valence-electron chi connectivity index (χ2n) is 6.10. The molecule has 1 unspecified atom stereocenters. The van der Waals surface area contributed by atoms with E-state index in [2.05, 4.69) is 51.1 Å². The molecular formula is C20H27NO. The third-order valence-corrected chi connectivity index (χ3v) is 4.11. The summed E-state index contributed by atoms with van der Waals surface area (Å²) < 4.78 is 5.83. The molecular weight excluding hydrogens is 270 g/mol. The van der Waals surface area contributed by atoms with Crippen molar-refractivity contribution >= 4 is 0 Å². The van der Waals surface area contributed by atoms with Crippen molar-refractivity contribution in [3.05, 3.63) is 64.7 Å². The summed E-state index contributed by atoms with van der Waals surface area (Å²) in [4.78, 5) is 0. The summed E-state index contributed by atoms with van der Waals surface area (Å²) in [6.45, 7) is 7.81. The molecule has 0 fully saturated rings. The standard InChI is InChI=1S/C20H27NO/c1-15-6-4-8-19(12-15)22-11-5-7-18(14-21)20-13-16(2)9-10-17(20)3/h4,6,8-10,12-13,18H,5,7,11,14,21H2,1-3H3. The Hall–Kier alpha value is -1.80. The van der Waals surface area contributed by atoms with Gasteiger partial charge in [-0.15, -0.1) is 0 Å². The average molecular weight is 297 g/mol. The fourth-order valence-corrected chi connectivity index (χ4v) is 2.82. The molecule has 0 saturated heterocycles. The lowest BCUT2D eigenvalue weighted by molar-refractivity contribution is 0.301. The minimum atomic E-state index is 0.418. The van der Waals surface area contributed by atoms with Crippen molar-refractivity contribution in [2.24, 2.45) is 5.73 Å². The Morgan fingerprint density at radius 2 is 1.77 bits per heavy atom. The van der Waals surface area contributed by atoms with Crippen molar-refractivity contribution < 1.29 is 4.74 Å². The van der Waals surface area contributed by atoms with E-state index in [1.807, 2.05) is 12.1 Å². The van der Waals surface area contributed by atoms with Crippen molar-refractivity contribution in [3.8, 4) is 5.75 Å². The fraction of sp³-hybridized carbons (Fsp3) is 0.400. The summed E-state index contributed by atoms with van der Waals surface area (Å²) in [5.74, 6) is 1.37. The zero-order valence-corrected chi connectivity index (χ0v) is 13.9. The lowest BCUT2D eigenvalue weighted by atomic mass is 9.90. The minimum Gasteiger partial charge on any atom is -0.494 e. The van der Waals surface area contributed by atoms with Crippen LogP contribution in [0.1, 0.15) is 41.0 Å². The van der Waals surface area contributed by atoms with Gasteiger partial charge >= 0.3 is 0 Å². The molecule has 0 aromatic heterocycles. The van der Waals surface area contributed by atoms with Crippen LogP contribution < -0.4 is 10.5 Å². The van der Waals surface area contributed by atoms with Gasteiger partial charge in [-0.25, -0.2) is 0 Å². The Bertz CT molecular complexity index is 606. The van der Waals surface area contributed by atoms with Gasteiger partial charge in [-0.3, -0.25) is 0 Å². The van der Waals surface area contributed by atoms with E-state index < -0.39 is 0 Å². The number of hydrogen-bond acceptors (Lipinski definition) is 2. The van der Waals surface area contributed by atoms with Crippen LogP contribution >= 0.6 is 0 Å². The average Bonchev–Trinajstić information content (AvgIpc) is 2.50. The molecule has 2 N–H and O–H groups in total. The van der Waals surface area contributed by atoms with Gasteiger partial charge < -0.3 is 10.5 Å². The molecule has 0 heterocycles. The van der Waals surface area contributed by atoms with Crippen LogP contribution in [0.2, 0.25) is 0 Å². The molecule has 0 radical (unpaired) electrons. The first-order chi connectivity index (χ1) is 10.6. The molecule has 0 aliphatic carbocycles. The van der Waals surface area contributed by atoms with E-state index >= 15 is 0 Å². The fourth-order valence-electron chi connectivity index (χ4n) is 2.82. The molecule has 2 heteroatoms. The van der Waals surface area contributed by atoms with Crippen molar-refractivity contribution in [1.82, 2.24) is 0 Å². The van der Waals surface area contributed by atoms with Crippen molar-refractivity contribution in [3.63, 3.8) is 0 Å². The molecule has 0 aliphatic rings. The highest BCUT2D eigenvalue weighted by molar-refractivity contribution is 5.33. The number of hydrogen-bond donors (Lipinski definition) is 1. The maximum absolute atomic E-state index is 6.00. The Morgan fingerprint density at radius 1 is 1.00 bits per heavy atom. The van der Waals surface area contributed by atoms with Gasteiger partial charge in [0.05, 0.1) is 6.61 Å². The molecule has 2 rings (SSSR count). The van der Waals surface area contributed by atoms with Crippen LogP contribution in [0.4, 0.5) is 0 Å². The molecule has 2 aromatic carbocycles. The highest BCUT2D eigenvalue weighted by Gasteiger charge is 2.12. The molecule has 2 aromatic rings. The van der Waals surface area contributed by atoms with Crippen LogP contribution in [0.15, 0.2) is 42.5 Å². The van der Waals surface area contributed by atoms with Gasteiger partial charge in [0, 0.05) is 0 Å².